The van der Waals surface area contributed by atoms with E-state index < -0.39 is 17.5 Å². The number of hydrogen-bond donors (Lipinski definition) is 1. The van der Waals surface area contributed by atoms with Gasteiger partial charge in [-0.3, -0.25) is 0 Å². The highest BCUT2D eigenvalue weighted by Crippen LogP contribution is 2.33. The molecule has 1 N–H and O–H groups in total. The molecule has 6 heteroatoms. The lowest BCUT2D eigenvalue weighted by molar-refractivity contribution is -0.153. The summed E-state index contributed by atoms with van der Waals surface area (Å²) < 4.78 is 47.6. The second-order valence-electron chi connectivity index (χ2n) is 4.58. The highest BCUT2D eigenvalue weighted by Gasteiger charge is 2.37. The molecule has 2 heterocycles. The first kappa shape index (κ1) is 13.4. The first-order valence-corrected chi connectivity index (χ1v) is 5.87. The fraction of sp³-hybridized carbons (Fsp3) is 0.667. The van der Waals surface area contributed by atoms with Gasteiger partial charge in [-0.15, -0.1) is 0 Å². The van der Waals surface area contributed by atoms with Crippen molar-refractivity contribution in [2.24, 2.45) is 0 Å². The van der Waals surface area contributed by atoms with Crippen LogP contribution in [0, 0.1) is 0 Å². The summed E-state index contributed by atoms with van der Waals surface area (Å²) in [5, 5.41) is 3.20. The largest absolute Gasteiger partial charge is 0.456 e. The maximum absolute atomic E-state index is 12.4. The zero-order valence-electron chi connectivity index (χ0n) is 10.1. The average Bonchev–Trinajstić information content (AvgIpc) is 2.78. The first-order chi connectivity index (χ1) is 8.45. The Morgan fingerprint density at radius 3 is 2.50 bits per heavy atom. The summed E-state index contributed by atoms with van der Waals surface area (Å²) in [6.07, 6.45) is -2.51. The van der Waals surface area contributed by atoms with E-state index in [1.165, 1.54) is 6.07 Å². The van der Waals surface area contributed by atoms with Gasteiger partial charge in [0.15, 0.2) is 0 Å². The lowest BCUT2D eigenvalue weighted by Gasteiger charge is -2.35. The van der Waals surface area contributed by atoms with Crippen molar-refractivity contribution < 1.29 is 22.3 Å². The van der Waals surface area contributed by atoms with Crippen LogP contribution in [0.4, 0.5) is 13.2 Å². The molecule has 102 valence electrons. The number of hydrogen-bond acceptors (Lipinski definition) is 3. The predicted octanol–water partition coefficient (Wildman–Crippen LogP) is 2.61. The highest BCUT2D eigenvalue weighted by molar-refractivity contribution is 5.12. The minimum absolute atomic E-state index is 0.325. The summed E-state index contributed by atoms with van der Waals surface area (Å²) in [6, 6.07) is 2.35. The number of nitrogens with one attached hydrogen (secondary N) is 1. The van der Waals surface area contributed by atoms with Gasteiger partial charge in [-0.1, -0.05) is 0 Å². The smallest absolute Gasteiger partial charge is 0.449 e. The van der Waals surface area contributed by atoms with E-state index in [1.807, 2.05) is 0 Å². The van der Waals surface area contributed by atoms with E-state index in [-0.39, 0.29) is 0 Å². The fourth-order valence-corrected chi connectivity index (χ4v) is 2.28. The fourth-order valence-electron chi connectivity index (χ4n) is 2.28. The third kappa shape index (κ3) is 2.87. The van der Waals surface area contributed by atoms with Crippen LogP contribution in [-0.2, 0) is 17.3 Å². The van der Waals surface area contributed by atoms with Gasteiger partial charge in [-0.05, 0) is 38.1 Å². The van der Waals surface area contributed by atoms with Gasteiger partial charge in [0.05, 0.1) is 5.60 Å². The molecule has 3 nitrogen and oxygen atoms in total. The van der Waals surface area contributed by atoms with Gasteiger partial charge in [0.2, 0.25) is 5.76 Å². The molecule has 0 unspecified atom stereocenters. The second kappa shape index (κ2) is 4.93. The van der Waals surface area contributed by atoms with Crippen LogP contribution in [0.15, 0.2) is 16.5 Å². The molecule has 0 saturated carbocycles. The molecule has 1 aliphatic heterocycles. The molecule has 1 saturated heterocycles. The third-order valence-electron chi connectivity index (χ3n) is 3.39. The summed E-state index contributed by atoms with van der Waals surface area (Å²) in [4.78, 5) is 0. The normalized spacial score (nSPS) is 20.0. The quantitative estimate of drug-likeness (QED) is 0.910. The highest BCUT2D eigenvalue weighted by atomic mass is 19.4. The SMILES string of the molecule is COC1(Cc2ccc(C(F)(F)F)o2)CCNCC1. The first-order valence-electron chi connectivity index (χ1n) is 5.87. The van der Waals surface area contributed by atoms with Crippen molar-refractivity contribution in [3.63, 3.8) is 0 Å². The van der Waals surface area contributed by atoms with Gasteiger partial charge in [0.1, 0.15) is 5.76 Å². The van der Waals surface area contributed by atoms with Gasteiger partial charge >= 0.3 is 6.18 Å². The Hall–Kier alpha value is -1.01. The Morgan fingerprint density at radius 1 is 1.33 bits per heavy atom. The van der Waals surface area contributed by atoms with E-state index in [2.05, 4.69) is 5.32 Å². The van der Waals surface area contributed by atoms with Crippen LogP contribution in [0.2, 0.25) is 0 Å². The molecule has 1 aromatic rings. The van der Waals surface area contributed by atoms with Crippen molar-refractivity contribution in [2.75, 3.05) is 20.2 Å². The van der Waals surface area contributed by atoms with E-state index in [0.717, 1.165) is 32.0 Å². The monoisotopic (exact) mass is 263 g/mol. The maximum Gasteiger partial charge on any atom is 0.449 e. The van der Waals surface area contributed by atoms with Gasteiger partial charge in [-0.25, -0.2) is 0 Å². The summed E-state index contributed by atoms with van der Waals surface area (Å²) >= 11 is 0. The number of piperidine rings is 1. The number of furan rings is 1. The molecule has 2 rings (SSSR count). The van der Waals surface area contributed by atoms with E-state index in [9.17, 15) is 13.2 Å². The summed E-state index contributed by atoms with van der Waals surface area (Å²) in [5.41, 5.74) is -0.411. The van der Waals surface area contributed by atoms with E-state index in [0.29, 0.717) is 12.2 Å². The molecular weight excluding hydrogens is 247 g/mol. The lowest BCUT2D eigenvalue weighted by atomic mass is 9.88. The Kier molecular flexibility index (Phi) is 3.68. The van der Waals surface area contributed by atoms with E-state index >= 15 is 0 Å². The summed E-state index contributed by atoms with van der Waals surface area (Å²) in [6.45, 7) is 1.61. The third-order valence-corrected chi connectivity index (χ3v) is 3.39. The zero-order chi connectivity index (χ0) is 13.2. The van der Waals surface area contributed by atoms with Crippen molar-refractivity contribution >= 4 is 0 Å². The van der Waals surface area contributed by atoms with Crippen molar-refractivity contribution in [2.45, 2.75) is 31.0 Å². The Bertz CT molecular complexity index is 394. The molecule has 0 bridgehead atoms. The predicted molar refractivity (Wildman–Crippen MR) is 59.3 cm³/mol. The van der Waals surface area contributed by atoms with Crippen LogP contribution in [0.3, 0.4) is 0 Å². The van der Waals surface area contributed by atoms with Gasteiger partial charge < -0.3 is 14.5 Å². The molecule has 0 spiro atoms. The molecule has 1 aliphatic rings. The van der Waals surface area contributed by atoms with Crippen LogP contribution < -0.4 is 5.32 Å². The van der Waals surface area contributed by atoms with Crippen LogP contribution in [0.1, 0.15) is 24.4 Å². The van der Waals surface area contributed by atoms with Crippen molar-refractivity contribution in [3.05, 3.63) is 23.7 Å². The number of halogens is 3. The molecule has 0 radical (unpaired) electrons. The number of alkyl halides is 3. The minimum Gasteiger partial charge on any atom is -0.456 e. The Morgan fingerprint density at radius 2 is 2.00 bits per heavy atom. The van der Waals surface area contributed by atoms with Crippen molar-refractivity contribution in [1.82, 2.24) is 5.32 Å². The lowest BCUT2D eigenvalue weighted by Crippen LogP contribution is -2.44. The molecule has 18 heavy (non-hydrogen) atoms. The molecule has 1 aromatic heterocycles. The standard InChI is InChI=1S/C12H16F3NO2/c1-17-11(4-6-16-7-5-11)8-9-2-3-10(18-9)12(13,14)15/h2-3,16H,4-8H2,1H3. The molecule has 1 fully saturated rings. The van der Waals surface area contributed by atoms with E-state index in [4.69, 9.17) is 9.15 Å². The number of rotatable bonds is 3. The van der Waals surface area contributed by atoms with Crippen LogP contribution in [0.25, 0.3) is 0 Å². The second-order valence-corrected chi connectivity index (χ2v) is 4.58. The molecule has 0 aromatic carbocycles. The average molecular weight is 263 g/mol. The molecule has 0 aliphatic carbocycles. The Balaban J connectivity index is 2.10. The summed E-state index contributed by atoms with van der Waals surface area (Å²) in [5.74, 6) is -0.622. The minimum atomic E-state index is -4.42. The van der Waals surface area contributed by atoms with Gasteiger partial charge in [-0.2, -0.15) is 13.2 Å². The molecular formula is C12H16F3NO2. The summed E-state index contributed by atoms with van der Waals surface area (Å²) in [7, 11) is 1.60. The van der Waals surface area contributed by atoms with Gasteiger partial charge in [0.25, 0.3) is 0 Å². The number of ether oxygens (including phenoxy) is 1. The topological polar surface area (TPSA) is 34.4 Å². The van der Waals surface area contributed by atoms with Gasteiger partial charge in [0, 0.05) is 13.5 Å². The van der Waals surface area contributed by atoms with Crippen LogP contribution in [0.5, 0.6) is 0 Å². The van der Waals surface area contributed by atoms with Crippen molar-refractivity contribution in [3.8, 4) is 0 Å². The maximum atomic E-state index is 12.4. The molecule has 0 amide bonds. The number of methoxy groups -OCH3 is 1. The Labute approximate surface area is 103 Å². The van der Waals surface area contributed by atoms with E-state index in [1.54, 1.807) is 7.11 Å². The van der Waals surface area contributed by atoms with Crippen LogP contribution >= 0.6 is 0 Å². The zero-order valence-corrected chi connectivity index (χ0v) is 10.1. The van der Waals surface area contributed by atoms with Crippen molar-refractivity contribution in [1.29, 1.82) is 0 Å². The van der Waals surface area contributed by atoms with Crippen LogP contribution in [-0.4, -0.2) is 25.8 Å². The molecule has 0 atom stereocenters.